The van der Waals surface area contributed by atoms with Crippen LogP contribution in [0.5, 0.6) is 0 Å². The highest BCUT2D eigenvalue weighted by molar-refractivity contribution is 6.16. The molecule has 0 spiro atoms. The molecule has 0 aliphatic heterocycles. The maximum Gasteiger partial charge on any atom is 0.336 e. The van der Waals surface area contributed by atoms with Gasteiger partial charge in [0.2, 0.25) is 0 Å². The van der Waals surface area contributed by atoms with Crippen molar-refractivity contribution in [3.05, 3.63) is 41.5 Å². The maximum atomic E-state index is 11.5. The molecule has 1 saturated carbocycles. The lowest BCUT2D eigenvalue weighted by molar-refractivity contribution is -0.130. The summed E-state index contributed by atoms with van der Waals surface area (Å²) in [5.41, 5.74) is 2.52. The van der Waals surface area contributed by atoms with Gasteiger partial charge >= 0.3 is 5.97 Å². The van der Waals surface area contributed by atoms with Crippen LogP contribution in [0.15, 0.2) is 35.9 Å². The van der Waals surface area contributed by atoms with Gasteiger partial charge in [0.15, 0.2) is 0 Å². The molecule has 1 aromatic rings. The third-order valence-electron chi connectivity index (χ3n) is 3.58. The third-order valence-corrected chi connectivity index (χ3v) is 3.58. The molecule has 0 radical (unpaired) electrons. The van der Waals surface area contributed by atoms with Crippen LogP contribution >= 0.6 is 0 Å². The Bertz CT molecular complexity index is 431. The van der Waals surface area contributed by atoms with Crippen molar-refractivity contribution in [3.63, 3.8) is 0 Å². The van der Waals surface area contributed by atoms with Crippen LogP contribution in [0.4, 0.5) is 0 Å². The lowest BCUT2D eigenvalue weighted by Gasteiger charge is -2.13. The van der Waals surface area contributed by atoms with Gasteiger partial charge in [-0.3, -0.25) is 0 Å². The van der Waals surface area contributed by atoms with Gasteiger partial charge < -0.3 is 5.11 Å². The van der Waals surface area contributed by atoms with Gasteiger partial charge in [-0.15, -0.1) is 0 Å². The molecule has 0 aromatic heterocycles. The second kappa shape index (κ2) is 5.17. The van der Waals surface area contributed by atoms with E-state index in [-0.39, 0.29) is 0 Å². The average molecular weight is 230 g/mol. The topological polar surface area (TPSA) is 37.3 Å². The van der Waals surface area contributed by atoms with Crippen LogP contribution in [0.1, 0.15) is 38.2 Å². The summed E-state index contributed by atoms with van der Waals surface area (Å²) >= 11 is 0. The van der Waals surface area contributed by atoms with Crippen LogP contribution < -0.4 is 0 Å². The van der Waals surface area contributed by atoms with Gasteiger partial charge in [-0.05, 0) is 37.2 Å². The number of carboxylic acids is 1. The smallest absolute Gasteiger partial charge is 0.336 e. The number of rotatable bonds is 3. The summed E-state index contributed by atoms with van der Waals surface area (Å²) in [5.74, 6) is -0.326. The van der Waals surface area contributed by atoms with Gasteiger partial charge in [0.05, 0.1) is 5.57 Å². The first-order valence-electron chi connectivity index (χ1n) is 6.25. The molecule has 1 fully saturated rings. The molecule has 1 aliphatic carbocycles. The second-order valence-corrected chi connectivity index (χ2v) is 4.57. The van der Waals surface area contributed by atoms with Crippen LogP contribution in [0.2, 0.25) is 0 Å². The molecular formula is C15H18O2. The van der Waals surface area contributed by atoms with E-state index in [0.29, 0.717) is 11.5 Å². The number of benzene rings is 1. The Kier molecular flexibility index (Phi) is 3.62. The summed E-state index contributed by atoms with van der Waals surface area (Å²) in [6.07, 6.45) is 4.24. The van der Waals surface area contributed by atoms with Crippen molar-refractivity contribution >= 4 is 11.5 Å². The van der Waals surface area contributed by atoms with Crippen LogP contribution in [0.25, 0.3) is 5.57 Å². The molecule has 90 valence electrons. The van der Waals surface area contributed by atoms with Crippen molar-refractivity contribution in [3.8, 4) is 0 Å². The normalized spacial score (nSPS) is 22.5. The monoisotopic (exact) mass is 230 g/mol. The van der Waals surface area contributed by atoms with Crippen LogP contribution in [-0.2, 0) is 4.79 Å². The van der Waals surface area contributed by atoms with E-state index in [4.69, 9.17) is 0 Å². The fourth-order valence-electron chi connectivity index (χ4n) is 2.75. The van der Waals surface area contributed by atoms with E-state index in [1.807, 2.05) is 30.3 Å². The predicted molar refractivity (Wildman–Crippen MR) is 68.6 cm³/mol. The Morgan fingerprint density at radius 1 is 1.35 bits per heavy atom. The molecule has 17 heavy (non-hydrogen) atoms. The highest BCUT2D eigenvalue weighted by Crippen LogP contribution is 2.38. The van der Waals surface area contributed by atoms with Gasteiger partial charge in [0.25, 0.3) is 0 Å². The number of hydrogen-bond acceptors (Lipinski definition) is 1. The van der Waals surface area contributed by atoms with Gasteiger partial charge in [-0.25, -0.2) is 4.79 Å². The van der Waals surface area contributed by atoms with Crippen molar-refractivity contribution in [2.45, 2.75) is 32.6 Å². The largest absolute Gasteiger partial charge is 0.478 e. The van der Waals surface area contributed by atoms with Crippen molar-refractivity contribution < 1.29 is 9.90 Å². The van der Waals surface area contributed by atoms with Crippen molar-refractivity contribution in [2.24, 2.45) is 5.92 Å². The number of carboxylic acid groups (broad SMARTS) is 1. The average Bonchev–Trinajstić information content (AvgIpc) is 2.78. The van der Waals surface area contributed by atoms with E-state index in [0.717, 1.165) is 36.8 Å². The van der Waals surface area contributed by atoms with E-state index >= 15 is 0 Å². The molecule has 2 rings (SSSR count). The third kappa shape index (κ3) is 2.41. The van der Waals surface area contributed by atoms with Gasteiger partial charge in [0.1, 0.15) is 0 Å². The van der Waals surface area contributed by atoms with Gasteiger partial charge in [-0.1, -0.05) is 42.8 Å². The van der Waals surface area contributed by atoms with E-state index in [9.17, 15) is 9.90 Å². The molecule has 0 saturated heterocycles. The summed E-state index contributed by atoms with van der Waals surface area (Å²) in [6.45, 7) is 2.14. The molecule has 1 aliphatic rings. The van der Waals surface area contributed by atoms with E-state index < -0.39 is 5.97 Å². The minimum Gasteiger partial charge on any atom is -0.478 e. The molecule has 0 heterocycles. The van der Waals surface area contributed by atoms with E-state index in [2.05, 4.69) is 6.92 Å². The Hall–Kier alpha value is -1.57. The fraction of sp³-hybridized carbons (Fsp3) is 0.400. The minimum atomic E-state index is -0.786. The number of allylic oxidation sites excluding steroid dienone is 1. The van der Waals surface area contributed by atoms with E-state index in [1.54, 1.807) is 0 Å². The molecule has 2 nitrogen and oxygen atoms in total. The van der Waals surface area contributed by atoms with Crippen molar-refractivity contribution in [1.29, 1.82) is 0 Å². The first-order valence-corrected chi connectivity index (χ1v) is 6.25. The molecule has 2 heteroatoms. The highest BCUT2D eigenvalue weighted by Gasteiger charge is 2.26. The molecule has 1 N–H and O–H groups in total. The van der Waals surface area contributed by atoms with Crippen molar-refractivity contribution in [1.82, 2.24) is 0 Å². The quantitative estimate of drug-likeness (QED) is 0.803. The molecule has 1 unspecified atom stereocenters. The Morgan fingerprint density at radius 2 is 2.06 bits per heavy atom. The zero-order valence-electron chi connectivity index (χ0n) is 10.1. The van der Waals surface area contributed by atoms with E-state index in [1.165, 1.54) is 0 Å². The Labute approximate surface area is 102 Å². The molecular weight excluding hydrogens is 212 g/mol. The highest BCUT2D eigenvalue weighted by atomic mass is 16.4. The van der Waals surface area contributed by atoms with Crippen LogP contribution in [0.3, 0.4) is 0 Å². The number of aliphatic carboxylic acids is 1. The summed E-state index contributed by atoms with van der Waals surface area (Å²) in [5, 5.41) is 9.44. The Balaban J connectivity index is 2.49. The van der Waals surface area contributed by atoms with Crippen LogP contribution in [-0.4, -0.2) is 11.1 Å². The maximum absolute atomic E-state index is 11.5. The zero-order valence-corrected chi connectivity index (χ0v) is 10.1. The standard InChI is InChI=1S/C15H18O2/c1-2-11-9-6-10-13(11)14(15(16)17)12-7-4-3-5-8-12/h3-5,7-8,11H,2,6,9-10H2,1H3,(H,16,17)/b14-13+. The number of hydrogen-bond donors (Lipinski definition) is 1. The second-order valence-electron chi connectivity index (χ2n) is 4.57. The summed E-state index contributed by atoms with van der Waals surface area (Å²) in [6, 6.07) is 9.49. The number of carbonyl (C=O) groups is 1. The van der Waals surface area contributed by atoms with Gasteiger partial charge in [0, 0.05) is 0 Å². The molecule has 1 aromatic carbocycles. The molecule has 1 atom stereocenters. The fourth-order valence-corrected chi connectivity index (χ4v) is 2.75. The lowest BCUT2D eigenvalue weighted by Crippen LogP contribution is -2.07. The molecule has 0 bridgehead atoms. The first kappa shape index (κ1) is 11.9. The van der Waals surface area contributed by atoms with Gasteiger partial charge in [-0.2, -0.15) is 0 Å². The zero-order chi connectivity index (χ0) is 12.3. The predicted octanol–water partition coefficient (Wildman–Crippen LogP) is 3.73. The summed E-state index contributed by atoms with van der Waals surface area (Å²) in [7, 11) is 0. The summed E-state index contributed by atoms with van der Waals surface area (Å²) < 4.78 is 0. The van der Waals surface area contributed by atoms with Crippen LogP contribution in [0, 0.1) is 5.92 Å². The SMILES string of the molecule is CCC1CCC/C1=C(\C(=O)O)c1ccccc1. The summed E-state index contributed by atoms with van der Waals surface area (Å²) in [4.78, 5) is 11.5. The minimum absolute atomic E-state index is 0.460. The Morgan fingerprint density at radius 3 is 2.65 bits per heavy atom. The molecule has 0 amide bonds. The lowest BCUT2D eigenvalue weighted by atomic mass is 9.91. The van der Waals surface area contributed by atoms with Crippen molar-refractivity contribution in [2.75, 3.05) is 0 Å². The first-order chi connectivity index (χ1) is 8.24.